The second-order valence-electron chi connectivity index (χ2n) is 7.57. The smallest absolute Gasteiger partial charge is 0.122 e. The zero-order valence-corrected chi connectivity index (χ0v) is 15.2. The van der Waals surface area contributed by atoms with Crippen molar-refractivity contribution in [2.45, 2.75) is 52.4 Å². The molecule has 0 spiro atoms. The summed E-state index contributed by atoms with van der Waals surface area (Å²) in [7, 11) is 1.79. The van der Waals surface area contributed by atoms with Crippen molar-refractivity contribution in [1.82, 2.24) is 0 Å². The molecule has 2 heteroatoms. The predicted octanol–water partition coefficient (Wildman–Crippen LogP) is 5.53. The molecular formula is C22H28O2. The molecular weight excluding hydrogens is 296 g/mol. The van der Waals surface area contributed by atoms with Gasteiger partial charge in [0.15, 0.2) is 0 Å². The molecule has 0 radical (unpaired) electrons. The van der Waals surface area contributed by atoms with Crippen LogP contribution in [0.15, 0.2) is 35.6 Å². The predicted molar refractivity (Wildman–Crippen MR) is 98.0 cm³/mol. The van der Waals surface area contributed by atoms with E-state index < -0.39 is 0 Å². The number of allylic oxidation sites excluding steroid dienone is 4. The van der Waals surface area contributed by atoms with Crippen LogP contribution < -0.4 is 4.74 Å². The molecule has 0 N–H and O–H groups in total. The number of hydrogen-bond acceptors (Lipinski definition) is 2. The van der Waals surface area contributed by atoms with Crippen LogP contribution in [-0.4, -0.2) is 13.7 Å². The molecule has 3 aliphatic rings. The molecule has 0 unspecified atom stereocenters. The third-order valence-electron chi connectivity index (χ3n) is 6.49. The summed E-state index contributed by atoms with van der Waals surface area (Å²) in [6, 6.07) is 6.56. The Morgan fingerprint density at radius 2 is 2.04 bits per heavy atom. The quantitative estimate of drug-likeness (QED) is 0.728. The number of methoxy groups -OCH3 is 1. The van der Waals surface area contributed by atoms with Gasteiger partial charge in [-0.3, -0.25) is 0 Å². The molecule has 1 aromatic carbocycles. The number of benzene rings is 1. The van der Waals surface area contributed by atoms with Crippen LogP contribution in [0.1, 0.15) is 57.1 Å². The topological polar surface area (TPSA) is 18.5 Å². The van der Waals surface area contributed by atoms with E-state index in [2.05, 4.69) is 38.1 Å². The van der Waals surface area contributed by atoms with E-state index in [0.29, 0.717) is 11.3 Å². The van der Waals surface area contributed by atoms with Gasteiger partial charge in [-0.25, -0.2) is 0 Å². The highest BCUT2D eigenvalue weighted by Crippen LogP contribution is 2.57. The maximum Gasteiger partial charge on any atom is 0.122 e. The summed E-state index contributed by atoms with van der Waals surface area (Å²) in [5, 5.41) is 0. The van der Waals surface area contributed by atoms with Gasteiger partial charge in [0.25, 0.3) is 0 Å². The number of fused-ring (bicyclic) bond motifs is 4. The van der Waals surface area contributed by atoms with E-state index in [1.165, 1.54) is 42.6 Å². The van der Waals surface area contributed by atoms with Crippen molar-refractivity contribution >= 4 is 5.57 Å². The fourth-order valence-corrected chi connectivity index (χ4v) is 5.22. The molecule has 0 amide bonds. The molecule has 24 heavy (non-hydrogen) atoms. The van der Waals surface area contributed by atoms with Crippen molar-refractivity contribution in [3.63, 3.8) is 0 Å². The van der Waals surface area contributed by atoms with Gasteiger partial charge >= 0.3 is 0 Å². The molecule has 1 aromatic rings. The van der Waals surface area contributed by atoms with Crippen molar-refractivity contribution in [3.05, 3.63) is 46.7 Å². The van der Waals surface area contributed by atoms with Crippen LogP contribution in [0.5, 0.6) is 5.75 Å². The first-order valence-electron chi connectivity index (χ1n) is 9.39. The second-order valence-corrected chi connectivity index (χ2v) is 7.57. The Morgan fingerprint density at radius 1 is 1.17 bits per heavy atom. The van der Waals surface area contributed by atoms with E-state index in [1.807, 2.05) is 0 Å². The van der Waals surface area contributed by atoms with Gasteiger partial charge in [-0.15, -0.1) is 0 Å². The molecule has 0 aromatic heterocycles. The van der Waals surface area contributed by atoms with Gasteiger partial charge in [-0.05, 0) is 73.6 Å². The lowest BCUT2D eigenvalue weighted by Gasteiger charge is -2.48. The largest absolute Gasteiger partial charge is 0.499 e. The van der Waals surface area contributed by atoms with Gasteiger partial charge in [0, 0.05) is 12.0 Å². The molecule has 0 saturated heterocycles. The van der Waals surface area contributed by atoms with Gasteiger partial charge in [0.2, 0.25) is 0 Å². The Hall–Kier alpha value is -1.70. The zero-order chi connectivity index (χ0) is 16.7. The van der Waals surface area contributed by atoms with Crippen molar-refractivity contribution in [2.24, 2.45) is 11.3 Å². The summed E-state index contributed by atoms with van der Waals surface area (Å²) in [6.07, 6.45) is 9.48. The zero-order valence-electron chi connectivity index (χ0n) is 15.2. The van der Waals surface area contributed by atoms with Crippen LogP contribution in [-0.2, 0) is 11.2 Å². The van der Waals surface area contributed by atoms with Gasteiger partial charge in [-0.1, -0.05) is 24.6 Å². The van der Waals surface area contributed by atoms with Crippen molar-refractivity contribution < 1.29 is 9.47 Å². The van der Waals surface area contributed by atoms with Crippen LogP contribution in [0, 0.1) is 11.3 Å². The van der Waals surface area contributed by atoms with Crippen molar-refractivity contribution in [1.29, 1.82) is 0 Å². The van der Waals surface area contributed by atoms with Crippen molar-refractivity contribution in [2.75, 3.05) is 13.7 Å². The van der Waals surface area contributed by atoms with E-state index in [-0.39, 0.29) is 0 Å². The molecule has 0 aliphatic heterocycles. The molecule has 0 fully saturated rings. The summed E-state index contributed by atoms with van der Waals surface area (Å²) in [6.45, 7) is 5.37. The average molecular weight is 324 g/mol. The summed E-state index contributed by atoms with van der Waals surface area (Å²) in [5.74, 6) is 2.93. The molecule has 4 rings (SSSR count). The molecule has 0 bridgehead atoms. The minimum absolute atomic E-state index is 0.314. The number of rotatable bonds is 3. The van der Waals surface area contributed by atoms with Gasteiger partial charge in [0.1, 0.15) is 5.75 Å². The van der Waals surface area contributed by atoms with E-state index in [9.17, 15) is 0 Å². The molecule has 128 valence electrons. The maximum absolute atomic E-state index is 5.83. The van der Waals surface area contributed by atoms with Gasteiger partial charge in [0.05, 0.1) is 19.5 Å². The van der Waals surface area contributed by atoms with E-state index in [0.717, 1.165) is 25.2 Å². The Morgan fingerprint density at radius 3 is 2.83 bits per heavy atom. The molecule has 2 nitrogen and oxygen atoms in total. The minimum Gasteiger partial charge on any atom is -0.499 e. The van der Waals surface area contributed by atoms with Crippen LogP contribution in [0.3, 0.4) is 0 Å². The lowest BCUT2D eigenvalue weighted by Crippen LogP contribution is -2.36. The average Bonchev–Trinajstić information content (AvgIpc) is 2.61. The minimum atomic E-state index is 0.314. The fraction of sp³-hybridized carbons (Fsp3) is 0.545. The first kappa shape index (κ1) is 15.8. The summed E-state index contributed by atoms with van der Waals surface area (Å²) >= 11 is 0. The Balaban J connectivity index is 1.76. The third kappa shape index (κ3) is 2.30. The molecule has 2 atom stereocenters. The first-order valence-corrected chi connectivity index (χ1v) is 9.39. The van der Waals surface area contributed by atoms with E-state index in [4.69, 9.17) is 9.47 Å². The highest BCUT2D eigenvalue weighted by atomic mass is 16.5. The highest BCUT2D eigenvalue weighted by Gasteiger charge is 2.44. The van der Waals surface area contributed by atoms with E-state index in [1.54, 1.807) is 18.3 Å². The number of ether oxygens (including phenoxy) is 2. The summed E-state index contributed by atoms with van der Waals surface area (Å²) in [5.41, 5.74) is 6.51. The van der Waals surface area contributed by atoms with Gasteiger partial charge < -0.3 is 9.47 Å². The Labute approximate surface area is 145 Å². The van der Waals surface area contributed by atoms with Gasteiger partial charge in [-0.2, -0.15) is 0 Å². The third-order valence-corrected chi connectivity index (χ3v) is 6.49. The standard InChI is InChI=1S/C22H28O2/c1-4-24-16-12-13-22(2)15(14-16)8-9-18-17-6-5-7-21(23-3)19(17)10-11-20(18)22/h5-7,14-15H,4,8-13H2,1-3H3/t15-,22-/m0/s1. The maximum atomic E-state index is 5.83. The fourth-order valence-electron chi connectivity index (χ4n) is 5.22. The summed E-state index contributed by atoms with van der Waals surface area (Å²) < 4.78 is 11.4. The molecule has 0 saturated carbocycles. The molecule has 3 aliphatic carbocycles. The summed E-state index contributed by atoms with van der Waals surface area (Å²) in [4.78, 5) is 0. The van der Waals surface area contributed by atoms with Crippen LogP contribution in [0.2, 0.25) is 0 Å². The van der Waals surface area contributed by atoms with Crippen molar-refractivity contribution in [3.8, 4) is 5.75 Å². The number of hydrogen-bond donors (Lipinski definition) is 0. The second kappa shape index (κ2) is 5.98. The van der Waals surface area contributed by atoms with Crippen LogP contribution >= 0.6 is 0 Å². The Bertz CT molecular complexity index is 713. The Kier molecular flexibility index (Phi) is 3.94. The molecule has 0 heterocycles. The van der Waals surface area contributed by atoms with E-state index >= 15 is 0 Å². The lowest BCUT2D eigenvalue weighted by atomic mass is 9.57. The monoisotopic (exact) mass is 324 g/mol. The van der Waals surface area contributed by atoms with Crippen LogP contribution in [0.25, 0.3) is 5.57 Å². The lowest BCUT2D eigenvalue weighted by molar-refractivity contribution is 0.152. The first-order chi connectivity index (χ1) is 11.7. The normalized spacial score (nSPS) is 28.5. The SMILES string of the molecule is CCOC1=C[C@@H]2CCC3=C(CCc4c(OC)cccc43)[C@@]2(C)CC1. The van der Waals surface area contributed by atoms with Crippen LogP contribution in [0.4, 0.5) is 0 Å². The highest BCUT2D eigenvalue weighted by molar-refractivity contribution is 5.77.